The van der Waals surface area contributed by atoms with Gasteiger partial charge in [0.15, 0.2) is 0 Å². The molecule has 2 aromatic carbocycles. The molecule has 0 bridgehead atoms. The number of hydrogen-bond acceptors (Lipinski definition) is 3. The molecule has 3 heteroatoms. The highest BCUT2D eigenvalue weighted by atomic mass is 16.7. The monoisotopic (exact) mass is 325 g/mol. The van der Waals surface area contributed by atoms with E-state index in [0.717, 1.165) is 24.1 Å². The van der Waals surface area contributed by atoms with Crippen molar-refractivity contribution in [3.63, 3.8) is 0 Å². The first-order chi connectivity index (χ1) is 11.5. The second-order valence-electron chi connectivity index (χ2n) is 6.89. The van der Waals surface area contributed by atoms with Crippen LogP contribution in [0.3, 0.4) is 0 Å². The zero-order chi connectivity index (χ0) is 17.2. The number of ether oxygens (including phenoxy) is 2. The van der Waals surface area contributed by atoms with Gasteiger partial charge >= 0.3 is 0 Å². The van der Waals surface area contributed by atoms with Crippen molar-refractivity contribution >= 4 is 0 Å². The Kier molecular flexibility index (Phi) is 5.04. The average molecular weight is 325 g/mol. The number of aryl methyl sites for hydroxylation is 2. The molecule has 128 valence electrons. The molecule has 1 saturated heterocycles. The third-order valence-corrected chi connectivity index (χ3v) is 4.70. The van der Waals surface area contributed by atoms with Gasteiger partial charge < -0.3 is 14.4 Å². The maximum absolute atomic E-state index is 6.58. The molecular formula is C21H27NO2. The van der Waals surface area contributed by atoms with E-state index in [0.29, 0.717) is 6.61 Å². The van der Waals surface area contributed by atoms with Crippen molar-refractivity contribution in [2.24, 2.45) is 0 Å². The smallest absolute Gasteiger partial charge is 0.223 e. The van der Waals surface area contributed by atoms with Crippen molar-refractivity contribution in [3.8, 4) is 0 Å². The maximum atomic E-state index is 6.58. The van der Waals surface area contributed by atoms with Crippen LogP contribution < -0.4 is 0 Å². The van der Waals surface area contributed by atoms with Crippen LogP contribution in [0, 0.1) is 13.8 Å². The minimum Gasteiger partial charge on any atom is -0.339 e. The predicted octanol–water partition coefficient (Wildman–Crippen LogP) is 3.87. The minimum atomic E-state index is -0.798. The molecule has 0 aromatic heterocycles. The number of nitrogens with zero attached hydrogens (tertiary/aromatic N) is 1. The molecule has 2 aromatic rings. The van der Waals surface area contributed by atoms with E-state index in [9.17, 15) is 0 Å². The van der Waals surface area contributed by atoms with E-state index in [2.05, 4.69) is 81.4 Å². The molecule has 1 aliphatic rings. The third kappa shape index (κ3) is 3.25. The second-order valence-corrected chi connectivity index (χ2v) is 6.89. The number of hydrogen-bond donors (Lipinski definition) is 0. The van der Waals surface area contributed by atoms with Gasteiger partial charge in [0.05, 0.1) is 12.7 Å². The Hall–Kier alpha value is -1.68. The summed E-state index contributed by atoms with van der Waals surface area (Å²) in [4.78, 5) is 2.19. The summed E-state index contributed by atoms with van der Waals surface area (Å²) >= 11 is 0. The van der Waals surface area contributed by atoms with Crippen LogP contribution in [0.5, 0.6) is 0 Å². The first-order valence-corrected chi connectivity index (χ1v) is 8.61. The Labute approximate surface area is 145 Å². The summed E-state index contributed by atoms with van der Waals surface area (Å²) in [5, 5.41) is 0. The second kappa shape index (κ2) is 7.06. The molecule has 3 nitrogen and oxygen atoms in total. The predicted molar refractivity (Wildman–Crippen MR) is 97.1 cm³/mol. The fourth-order valence-electron chi connectivity index (χ4n) is 3.37. The highest BCUT2D eigenvalue weighted by molar-refractivity contribution is 5.42. The summed E-state index contributed by atoms with van der Waals surface area (Å²) in [7, 11) is 4.18. The lowest BCUT2D eigenvalue weighted by Crippen LogP contribution is -2.32. The quantitative estimate of drug-likeness (QED) is 0.833. The molecular weight excluding hydrogens is 298 g/mol. The van der Waals surface area contributed by atoms with Crippen LogP contribution in [-0.4, -0.2) is 38.3 Å². The highest BCUT2D eigenvalue weighted by Crippen LogP contribution is 2.43. The number of rotatable bonds is 5. The lowest BCUT2D eigenvalue weighted by Gasteiger charge is -2.32. The lowest BCUT2D eigenvalue weighted by molar-refractivity contribution is -0.144. The van der Waals surface area contributed by atoms with Gasteiger partial charge in [-0.25, -0.2) is 0 Å². The van der Waals surface area contributed by atoms with Crippen LogP contribution in [-0.2, 0) is 15.3 Å². The maximum Gasteiger partial charge on any atom is 0.223 e. The van der Waals surface area contributed by atoms with Crippen LogP contribution >= 0.6 is 0 Å². The zero-order valence-electron chi connectivity index (χ0n) is 15.1. The van der Waals surface area contributed by atoms with Gasteiger partial charge in [0.25, 0.3) is 0 Å². The van der Waals surface area contributed by atoms with Gasteiger partial charge in [0.1, 0.15) is 0 Å². The molecule has 0 amide bonds. The Balaban J connectivity index is 2.01. The summed E-state index contributed by atoms with van der Waals surface area (Å²) in [6, 6.07) is 16.7. The Morgan fingerprint density at radius 1 is 0.958 bits per heavy atom. The summed E-state index contributed by atoms with van der Waals surface area (Å²) in [5.41, 5.74) is 4.58. The van der Waals surface area contributed by atoms with E-state index in [4.69, 9.17) is 9.47 Å². The van der Waals surface area contributed by atoms with Crippen molar-refractivity contribution in [1.29, 1.82) is 0 Å². The summed E-state index contributed by atoms with van der Waals surface area (Å²) in [6.45, 7) is 5.85. The molecule has 0 spiro atoms. The fraction of sp³-hybridized carbons (Fsp3) is 0.429. The molecule has 0 saturated carbocycles. The van der Waals surface area contributed by atoms with Gasteiger partial charge in [-0.15, -0.1) is 0 Å². The largest absolute Gasteiger partial charge is 0.339 e. The lowest BCUT2D eigenvalue weighted by atomic mass is 9.91. The Morgan fingerprint density at radius 3 is 2.00 bits per heavy atom. The van der Waals surface area contributed by atoms with E-state index in [1.54, 1.807) is 0 Å². The molecule has 0 N–H and O–H groups in total. The standard InChI is InChI=1S/C21H27NO2/c1-16-9-5-7-11-19(16)21(20-12-8-6-10-17(20)2)23-15-18(24-21)13-14-22(3)4/h5-12,18H,13-15H2,1-4H3. The summed E-state index contributed by atoms with van der Waals surface area (Å²) in [5.74, 6) is -0.798. The van der Waals surface area contributed by atoms with Crippen LogP contribution in [0.2, 0.25) is 0 Å². The first kappa shape index (κ1) is 17.2. The van der Waals surface area contributed by atoms with Gasteiger partial charge in [-0.2, -0.15) is 0 Å². The molecule has 1 heterocycles. The van der Waals surface area contributed by atoms with Crippen molar-refractivity contribution in [1.82, 2.24) is 4.90 Å². The van der Waals surface area contributed by atoms with E-state index >= 15 is 0 Å². The molecule has 3 rings (SSSR count). The molecule has 1 unspecified atom stereocenters. The van der Waals surface area contributed by atoms with E-state index in [1.807, 2.05) is 0 Å². The zero-order valence-corrected chi connectivity index (χ0v) is 15.1. The van der Waals surface area contributed by atoms with Crippen LogP contribution in [0.25, 0.3) is 0 Å². The molecule has 1 atom stereocenters. The normalized spacial score (nSPS) is 19.8. The summed E-state index contributed by atoms with van der Waals surface area (Å²) < 4.78 is 13.0. The first-order valence-electron chi connectivity index (χ1n) is 8.61. The highest BCUT2D eigenvalue weighted by Gasteiger charge is 2.46. The van der Waals surface area contributed by atoms with E-state index in [1.165, 1.54) is 11.1 Å². The molecule has 1 aliphatic heterocycles. The average Bonchev–Trinajstić information content (AvgIpc) is 2.99. The summed E-state index contributed by atoms with van der Waals surface area (Å²) in [6.07, 6.45) is 1.07. The molecule has 0 radical (unpaired) electrons. The van der Waals surface area contributed by atoms with E-state index < -0.39 is 5.79 Å². The number of benzene rings is 2. The van der Waals surface area contributed by atoms with Gasteiger partial charge in [-0.1, -0.05) is 48.5 Å². The van der Waals surface area contributed by atoms with Gasteiger partial charge in [0, 0.05) is 17.7 Å². The molecule has 24 heavy (non-hydrogen) atoms. The van der Waals surface area contributed by atoms with Gasteiger partial charge in [0.2, 0.25) is 5.79 Å². The molecule has 0 aliphatic carbocycles. The van der Waals surface area contributed by atoms with Gasteiger partial charge in [-0.05, 0) is 45.5 Å². The van der Waals surface area contributed by atoms with Gasteiger partial charge in [-0.3, -0.25) is 0 Å². The van der Waals surface area contributed by atoms with Crippen molar-refractivity contribution in [2.45, 2.75) is 32.2 Å². The fourth-order valence-corrected chi connectivity index (χ4v) is 3.37. The Morgan fingerprint density at radius 2 is 1.50 bits per heavy atom. The minimum absolute atomic E-state index is 0.103. The van der Waals surface area contributed by atoms with Crippen LogP contribution in [0.15, 0.2) is 48.5 Å². The van der Waals surface area contributed by atoms with E-state index in [-0.39, 0.29) is 6.10 Å². The van der Waals surface area contributed by atoms with Crippen molar-refractivity contribution in [2.75, 3.05) is 27.2 Å². The van der Waals surface area contributed by atoms with Crippen molar-refractivity contribution in [3.05, 3.63) is 70.8 Å². The SMILES string of the molecule is Cc1ccccc1C1(c2ccccc2C)OCC(CCN(C)C)O1. The van der Waals surface area contributed by atoms with Crippen LogP contribution in [0.4, 0.5) is 0 Å². The van der Waals surface area contributed by atoms with Crippen molar-refractivity contribution < 1.29 is 9.47 Å². The van der Waals surface area contributed by atoms with Crippen LogP contribution in [0.1, 0.15) is 28.7 Å². The topological polar surface area (TPSA) is 21.7 Å². The molecule has 1 fully saturated rings. The Bertz CT molecular complexity index is 650. The third-order valence-electron chi connectivity index (χ3n) is 4.70.